The molecule has 1 aliphatic heterocycles. The van der Waals surface area contributed by atoms with Gasteiger partial charge in [0, 0.05) is 23.5 Å². The van der Waals surface area contributed by atoms with Gasteiger partial charge >= 0.3 is 0 Å². The van der Waals surface area contributed by atoms with E-state index in [1.807, 2.05) is 13.8 Å². The molecule has 1 fully saturated rings. The molecule has 10 nitrogen and oxygen atoms in total. The average Bonchev–Trinajstić information content (AvgIpc) is 2.92. The Morgan fingerprint density at radius 1 is 0.789 bits per heavy atom. The fourth-order valence-corrected chi connectivity index (χ4v) is 4.96. The topological polar surface area (TPSA) is 134 Å². The predicted octanol–water partition coefficient (Wildman–Crippen LogP) is 8.50. The molecule has 38 heavy (non-hydrogen) atoms. The van der Waals surface area contributed by atoms with E-state index in [2.05, 4.69) is 27.0 Å². The maximum Gasteiger partial charge on any atom is 0.166 e. The molecule has 0 aromatic heterocycles. The number of nitrogens with zero attached hydrogens (tertiary/aromatic N) is 6. The minimum absolute atomic E-state index is 0.0149. The van der Waals surface area contributed by atoms with E-state index in [1.165, 1.54) is 83.5 Å². The summed E-state index contributed by atoms with van der Waals surface area (Å²) in [5.74, 6) is 0.0728. The summed E-state index contributed by atoms with van der Waals surface area (Å²) in [7, 11) is 1.63. The zero-order valence-electron chi connectivity index (χ0n) is 24.5. The van der Waals surface area contributed by atoms with E-state index in [-0.39, 0.29) is 37.2 Å². The molecule has 1 saturated heterocycles. The Balaban J connectivity index is 2.15. The lowest BCUT2D eigenvalue weighted by Crippen LogP contribution is -2.51. The largest absolute Gasteiger partial charge is 0.379 e. The Morgan fingerprint density at radius 3 is 1.89 bits per heavy atom. The molecule has 6 atom stereocenters. The number of rotatable bonds is 24. The highest BCUT2D eigenvalue weighted by Gasteiger charge is 2.41. The van der Waals surface area contributed by atoms with Gasteiger partial charge < -0.3 is 18.9 Å². The summed E-state index contributed by atoms with van der Waals surface area (Å²) in [5, 5.41) is 7.57. The highest BCUT2D eigenvalue weighted by atomic mass is 16.7. The highest BCUT2D eigenvalue weighted by molar-refractivity contribution is 4.90. The molecule has 1 aliphatic rings. The third kappa shape index (κ3) is 15.2. The van der Waals surface area contributed by atoms with Crippen LogP contribution in [0.1, 0.15) is 111 Å². The van der Waals surface area contributed by atoms with Crippen LogP contribution in [0.2, 0.25) is 0 Å². The van der Waals surface area contributed by atoms with Crippen molar-refractivity contribution in [2.75, 3.05) is 33.5 Å². The first-order chi connectivity index (χ1) is 18.6. The van der Waals surface area contributed by atoms with Crippen LogP contribution in [0.25, 0.3) is 20.9 Å². The van der Waals surface area contributed by atoms with Crippen molar-refractivity contribution in [2.45, 2.75) is 135 Å². The van der Waals surface area contributed by atoms with E-state index in [4.69, 9.17) is 30.0 Å². The fraction of sp³-hybridized carbons (Fsp3) is 1.00. The first kappa shape index (κ1) is 34.5. The van der Waals surface area contributed by atoms with Crippen LogP contribution < -0.4 is 0 Å². The second-order valence-electron chi connectivity index (χ2n) is 10.7. The van der Waals surface area contributed by atoms with Crippen LogP contribution in [0.5, 0.6) is 0 Å². The Morgan fingerprint density at radius 2 is 1.37 bits per heavy atom. The van der Waals surface area contributed by atoms with E-state index in [0.717, 1.165) is 6.42 Å². The van der Waals surface area contributed by atoms with Gasteiger partial charge in [0.15, 0.2) is 6.29 Å². The van der Waals surface area contributed by atoms with Crippen LogP contribution in [0, 0.1) is 11.8 Å². The van der Waals surface area contributed by atoms with Crippen LogP contribution in [0.15, 0.2) is 10.2 Å². The van der Waals surface area contributed by atoms with Crippen molar-refractivity contribution in [3.63, 3.8) is 0 Å². The van der Waals surface area contributed by atoms with Gasteiger partial charge in [-0.3, -0.25) is 0 Å². The summed E-state index contributed by atoms with van der Waals surface area (Å²) in [6.45, 7) is 7.88. The Hall–Kier alpha value is -1.54. The standard InChI is InChI=1S/C28H54N6O4/c1-5-6-7-8-9-10-11-12-13-14-15-16-17-18-19-36-21-25(35-4)22-37-28-27(32-34-30)24(3)23(2)26(38-28)20-31-33-29/h23-28H,5-22H2,1-4H3/t23-,24+,25?,26?,27?,28-/m1/s1. The SMILES string of the molecule is CCCCCCCCCCCCCCCCOCC(CO[C@@H]1OC(CN=[N+]=[N-])[C@H](C)[C@H](C)C1N=[N+]=[N-])OC. The van der Waals surface area contributed by atoms with E-state index in [1.54, 1.807) is 7.11 Å². The molecule has 0 aromatic rings. The summed E-state index contributed by atoms with van der Waals surface area (Å²) in [5.41, 5.74) is 17.7. The van der Waals surface area contributed by atoms with Gasteiger partial charge in [-0.1, -0.05) is 114 Å². The molecule has 0 aromatic carbocycles. The van der Waals surface area contributed by atoms with Crippen LogP contribution >= 0.6 is 0 Å². The van der Waals surface area contributed by atoms with E-state index >= 15 is 0 Å². The summed E-state index contributed by atoms with van der Waals surface area (Å²) >= 11 is 0. The first-order valence-corrected chi connectivity index (χ1v) is 15.0. The van der Waals surface area contributed by atoms with E-state index < -0.39 is 12.3 Å². The maximum atomic E-state index is 9.02. The van der Waals surface area contributed by atoms with Gasteiger partial charge in [0.25, 0.3) is 0 Å². The van der Waals surface area contributed by atoms with E-state index in [0.29, 0.717) is 13.2 Å². The lowest BCUT2D eigenvalue weighted by Gasteiger charge is -2.42. The fourth-order valence-electron chi connectivity index (χ4n) is 4.96. The minimum atomic E-state index is -0.723. The van der Waals surface area contributed by atoms with Crippen molar-refractivity contribution in [3.8, 4) is 0 Å². The molecular weight excluding hydrogens is 484 g/mol. The molecule has 0 bridgehead atoms. The smallest absolute Gasteiger partial charge is 0.166 e. The molecule has 220 valence electrons. The number of hydrogen-bond acceptors (Lipinski definition) is 6. The molecule has 0 spiro atoms. The monoisotopic (exact) mass is 538 g/mol. The van der Waals surface area contributed by atoms with Crippen LogP contribution in [0.3, 0.4) is 0 Å². The summed E-state index contributed by atoms with van der Waals surface area (Å²) < 4.78 is 23.4. The quantitative estimate of drug-likeness (QED) is 0.0526. The Bertz CT molecular complexity index is 670. The van der Waals surface area contributed by atoms with Crippen LogP contribution in [0.4, 0.5) is 0 Å². The van der Waals surface area contributed by atoms with Crippen molar-refractivity contribution in [3.05, 3.63) is 20.9 Å². The molecular formula is C28H54N6O4. The summed E-state index contributed by atoms with van der Waals surface area (Å²) in [6.07, 6.45) is 17.4. The molecule has 1 heterocycles. The Kier molecular flexibility index (Phi) is 21.2. The van der Waals surface area contributed by atoms with Crippen molar-refractivity contribution < 1.29 is 18.9 Å². The van der Waals surface area contributed by atoms with Gasteiger partial charge in [-0.15, -0.1) is 0 Å². The van der Waals surface area contributed by atoms with Crippen LogP contribution in [-0.2, 0) is 18.9 Å². The minimum Gasteiger partial charge on any atom is -0.379 e. The molecule has 3 unspecified atom stereocenters. The number of unbranched alkanes of at least 4 members (excludes halogenated alkanes) is 13. The second-order valence-corrected chi connectivity index (χ2v) is 10.7. The number of azide groups is 2. The van der Waals surface area contributed by atoms with E-state index in [9.17, 15) is 0 Å². The van der Waals surface area contributed by atoms with Gasteiger partial charge in [0.05, 0.1) is 31.9 Å². The van der Waals surface area contributed by atoms with Gasteiger partial charge in [-0.25, -0.2) is 0 Å². The normalized spacial score (nSPS) is 23.9. The average molecular weight is 539 g/mol. The number of methoxy groups -OCH3 is 1. The lowest BCUT2D eigenvalue weighted by molar-refractivity contribution is -0.237. The van der Waals surface area contributed by atoms with Crippen molar-refractivity contribution in [2.24, 2.45) is 22.1 Å². The zero-order chi connectivity index (χ0) is 27.8. The van der Waals surface area contributed by atoms with Gasteiger partial charge in [-0.05, 0) is 29.3 Å². The predicted molar refractivity (Wildman–Crippen MR) is 152 cm³/mol. The van der Waals surface area contributed by atoms with Crippen molar-refractivity contribution >= 4 is 0 Å². The van der Waals surface area contributed by atoms with Crippen LogP contribution in [-0.4, -0.2) is 58.0 Å². The van der Waals surface area contributed by atoms with Gasteiger partial charge in [-0.2, -0.15) is 0 Å². The third-order valence-corrected chi connectivity index (χ3v) is 7.78. The molecule has 0 amide bonds. The number of ether oxygens (including phenoxy) is 4. The molecule has 0 aliphatic carbocycles. The Labute approximate surface area is 230 Å². The van der Waals surface area contributed by atoms with Crippen molar-refractivity contribution in [1.82, 2.24) is 0 Å². The highest BCUT2D eigenvalue weighted by Crippen LogP contribution is 2.33. The van der Waals surface area contributed by atoms with Crippen molar-refractivity contribution in [1.29, 1.82) is 0 Å². The lowest BCUT2D eigenvalue weighted by atomic mass is 9.82. The third-order valence-electron chi connectivity index (χ3n) is 7.78. The molecule has 10 heteroatoms. The molecule has 1 rings (SSSR count). The first-order valence-electron chi connectivity index (χ1n) is 15.0. The number of hydrogen-bond donors (Lipinski definition) is 0. The van der Waals surface area contributed by atoms with Gasteiger partial charge in [0.1, 0.15) is 6.10 Å². The second kappa shape index (κ2) is 23.4. The molecule has 0 radical (unpaired) electrons. The maximum absolute atomic E-state index is 9.02. The summed E-state index contributed by atoms with van der Waals surface area (Å²) in [6, 6.07) is -0.466. The van der Waals surface area contributed by atoms with Gasteiger partial charge in [0.2, 0.25) is 0 Å². The molecule has 0 saturated carbocycles. The molecule has 0 N–H and O–H groups in total. The summed E-state index contributed by atoms with van der Waals surface area (Å²) in [4.78, 5) is 5.82. The zero-order valence-corrected chi connectivity index (χ0v) is 24.5.